The quantitative estimate of drug-likeness (QED) is 0.481. The highest BCUT2D eigenvalue weighted by molar-refractivity contribution is 6.18. The average molecular weight is 133 g/mol. The van der Waals surface area contributed by atoms with E-state index in [0.717, 1.165) is 23.6 Å². The minimum absolute atomic E-state index is 0.826. The van der Waals surface area contributed by atoms with Crippen molar-refractivity contribution in [1.82, 2.24) is 0 Å². The highest BCUT2D eigenvalue weighted by Gasteiger charge is 2.32. The topological polar surface area (TPSA) is 0 Å². The van der Waals surface area contributed by atoms with Gasteiger partial charge in [-0.25, -0.2) is 0 Å². The molecular formula is C7H13Cl. The highest BCUT2D eigenvalue weighted by Crippen LogP contribution is 2.39. The fourth-order valence-electron chi connectivity index (χ4n) is 1.38. The van der Waals surface area contributed by atoms with Gasteiger partial charge in [-0.05, 0) is 24.2 Å². The summed E-state index contributed by atoms with van der Waals surface area (Å²) in [5.74, 6) is 3.50. The van der Waals surface area contributed by atoms with E-state index in [4.69, 9.17) is 11.6 Å². The molecule has 0 spiro atoms. The zero-order valence-electron chi connectivity index (χ0n) is 5.52. The largest absolute Gasteiger partial charge is 0.126 e. The summed E-state index contributed by atoms with van der Waals surface area (Å²) in [4.78, 5) is 0. The molecule has 0 aromatic carbocycles. The lowest BCUT2D eigenvalue weighted by atomic mass is 9.68. The molecule has 0 heterocycles. The Hall–Kier alpha value is 0.290. The van der Waals surface area contributed by atoms with Crippen molar-refractivity contribution in [2.75, 3.05) is 5.88 Å². The third-order valence-corrected chi connectivity index (χ3v) is 2.91. The number of rotatable bonds is 1. The van der Waals surface area contributed by atoms with Crippen LogP contribution in [0.15, 0.2) is 0 Å². The predicted molar refractivity (Wildman–Crippen MR) is 37.2 cm³/mol. The molecule has 1 aliphatic carbocycles. The maximum Gasteiger partial charge on any atom is 0.0254 e. The third-order valence-electron chi connectivity index (χ3n) is 2.51. The first kappa shape index (κ1) is 6.41. The molecule has 0 aromatic rings. The summed E-state index contributed by atoms with van der Waals surface area (Å²) in [5, 5.41) is 0. The van der Waals surface area contributed by atoms with Crippen molar-refractivity contribution in [3.63, 3.8) is 0 Å². The van der Waals surface area contributed by atoms with Crippen LogP contribution >= 0.6 is 11.6 Å². The molecule has 0 bridgehead atoms. The fourth-order valence-corrected chi connectivity index (χ4v) is 1.79. The van der Waals surface area contributed by atoms with Crippen molar-refractivity contribution < 1.29 is 0 Å². The van der Waals surface area contributed by atoms with Crippen LogP contribution in [0.5, 0.6) is 0 Å². The van der Waals surface area contributed by atoms with Gasteiger partial charge in [0, 0.05) is 5.88 Å². The summed E-state index contributed by atoms with van der Waals surface area (Å²) in [6, 6.07) is 0. The molecule has 0 N–H and O–H groups in total. The molecule has 1 aliphatic rings. The number of alkyl halides is 1. The van der Waals surface area contributed by atoms with Crippen LogP contribution in [-0.2, 0) is 0 Å². The van der Waals surface area contributed by atoms with Crippen molar-refractivity contribution >= 4 is 11.6 Å². The van der Waals surface area contributed by atoms with Crippen LogP contribution in [0.2, 0.25) is 0 Å². The van der Waals surface area contributed by atoms with Crippen molar-refractivity contribution in [2.45, 2.75) is 20.3 Å². The third kappa shape index (κ3) is 0.862. The number of halogens is 1. The molecule has 1 rings (SSSR count). The van der Waals surface area contributed by atoms with Gasteiger partial charge >= 0.3 is 0 Å². The van der Waals surface area contributed by atoms with E-state index < -0.39 is 0 Å². The molecule has 0 nitrogen and oxygen atoms in total. The van der Waals surface area contributed by atoms with E-state index in [0.29, 0.717) is 0 Å². The van der Waals surface area contributed by atoms with E-state index in [9.17, 15) is 0 Å². The molecule has 0 aliphatic heterocycles. The van der Waals surface area contributed by atoms with Gasteiger partial charge in [0.2, 0.25) is 0 Å². The van der Waals surface area contributed by atoms with Crippen molar-refractivity contribution in [1.29, 1.82) is 0 Å². The minimum atomic E-state index is 0.826. The van der Waals surface area contributed by atoms with E-state index in [1.807, 2.05) is 0 Å². The summed E-state index contributed by atoms with van der Waals surface area (Å²) in [7, 11) is 0. The molecule has 3 unspecified atom stereocenters. The number of hydrogen-bond acceptors (Lipinski definition) is 0. The van der Waals surface area contributed by atoms with Gasteiger partial charge in [0.05, 0.1) is 0 Å². The SMILES string of the molecule is CC1CC(CCl)C1C. The predicted octanol–water partition coefficient (Wildman–Crippen LogP) is 2.52. The molecular weight excluding hydrogens is 120 g/mol. The van der Waals surface area contributed by atoms with Gasteiger partial charge in [-0.1, -0.05) is 13.8 Å². The zero-order valence-corrected chi connectivity index (χ0v) is 6.28. The van der Waals surface area contributed by atoms with Crippen LogP contribution in [0.1, 0.15) is 20.3 Å². The minimum Gasteiger partial charge on any atom is -0.126 e. The highest BCUT2D eigenvalue weighted by atomic mass is 35.5. The Labute approximate surface area is 56.2 Å². The van der Waals surface area contributed by atoms with Gasteiger partial charge in [0.25, 0.3) is 0 Å². The lowest BCUT2D eigenvalue weighted by Gasteiger charge is -2.39. The molecule has 0 saturated heterocycles. The van der Waals surface area contributed by atoms with Crippen LogP contribution in [0.3, 0.4) is 0 Å². The first-order valence-electron chi connectivity index (χ1n) is 3.31. The van der Waals surface area contributed by atoms with Gasteiger partial charge < -0.3 is 0 Å². The molecule has 0 amide bonds. The Morgan fingerprint density at radius 1 is 1.50 bits per heavy atom. The Morgan fingerprint density at radius 2 is 2.12 bits per heavy atom. The van der Waals surface area contributed by atoms with Crippen molar-refractivity contribution in [2.24, 2.45) is 17.8 Å². The van der Waals surface area contributed by atoms with Gasteiger partial charge in [-0.3, -0.25) is 0 Å². The lowest BCUT2D eigenvalue weighted by molar-refractivity contribution is 0.123. The first-order chi connectivity index (χ1) is 3.75. The van der Waals surface area contributed by atoms with Crippen molar-refractivity contribution in [3.05, 3.63) is 0 Å². The van der Waals surface area contributed by atoms with Gasteiger partial charge in [0.1, 0.15) is 0 Å². The Bertz CT molecular complexity index is 80.5. The zero-order chi connectivity index (χ0) is 6.15. The van der Waals surface area contributed by atoms with E-state index in [1.165, 1.54) is 6.42 Å². The van der Waals surface area contributed by atoms with E-state index in [-0.39, 0.29) is 0 Å². The molecule has 1 fully saturated rings. The first-order valence-corrected chi connectivity index (χ1v) is 3.85. The molecule has 0 radical (unpaired) electrons. The molecule has 3 atom stereocenters. The smallest absolute Gasteiger partial charge is 0.0254 e. The van der Waals surface area contributed by atoms with Crippen LogP contribution in [-0.4, -0.2) is 5.88 Å². The second kappa shape index (κ2) is 2.26. The van der Waals surface area contributed by atoms with E-state index in [1.54, 1.807) is 0 Å². The molecule has 1 saturated carbocycles. The summed E-state index contributed by atoms with van der Waals surface area (Å²) in [6.45, 7) is 4.59. The van der Waals surface area contributed by atoms with Crippen LogP contribution < -0.4 is 0 Å². The maximum atomic E-state index is 5.66. The number of hydrogen-bond donors (Lipinski definition) is 0. The molecule has 0 aromatic heterocycles. The van der Waals surface area contributed by atoms with E-state index in [2.05, 4.69) is 13.8 Å². The van der Waals surface area contributed by atoms with Gasteiger partial charge in [-0.2, -0.15) is 0 Å². The second-order valence-corrected chi connectivity index (χ2v) is 3.30. The molecule has 1 heteroatoms. The lowest BCUT2D eigenvalue weighted by Crippen LogP contribution is -2.33. The second-order valence-electron chi connectivity index (χ2n) is 2.99. The Kier molecular flexibility index (Phi) is 1.81. The summed E-state index contributed by atoms with van der Waals surface area (Å²) in [6.07, 6.45) is 1.35. The standard InChI is InChI=1S/C7H13Cl/c1-5-3-7(4-8)6(5)2/h5-7H,3-4H2,1-2H3. The maximum absolute atomic E-state index is 5.66. The van der Waals surface area contributed by atoms with Crippen molar-refractivity contribution in [3.8, 4) is 0 Å². The van der Waals surface area contributed by atoms with Crippen LogP contribution in [0.25, 0.3) is 0 Å². The summed E-state index contributed by atoms with van der Waals surface area (Å²) < 4.78 is 0. The molecule has 48 valence electrons. The molecule has 8 heavy (non-hydrogen) atoms. The van der Waals surface area contributed by atoms with E-state index >= 15 is 0 Å². The Morgan fingerprint density at radius 3 is 2.25 bits per heavy atom. The van der Waals surface area contributed by atoms with Gasteiger partial charge in [0.15, 0.2) is 0 Å². The Balaban J connectivity index is 2.25. The monoisotopic (exact) mass is 132 g/mol. The van der Waals surface area contributed by atoms with Crippen LogP contribution in [0.4, 0.5) is 0 Å². The average Bonchev–Trinajstić information content (AvgIpc) is 1.81. The summed E-state index contributed by atoms with van der Waals surface area (Å²) in [5.41, 5.74) is 0. The van der Waals surface area contributed by atoms with Crippen LogP contribution in [0, 0.1) is 17.8 Å². The fraction of sp³-hybridized carbons (Fsp3) is 1.00. The van der Waals surface area contributed by atoms with Gasteiger partial charge in [-0.15, -0.1) is 11.6 Å². The summed E-state index contributed by atoms with van der Waals surface area (Å²) >= 11 is 5.66. The normalized spacial score (nSPS) is 46.1.